The Bertz CT molecular complexity index is 811. The van der Waals surface area contributed by atoms with E-state index in [1.807, 2.05) is 13.3 Å². The molecular weight excluding hydrogens is 439 g/mol. The van der Waals surface area contributed by atoms with Crippen molar-refractivity contribution in [3.05, 3.63) is 60.2 Å². The molecule has 0 spiro atoms. The first kappa shape index (κ1) is 23.9. The number of sulfonamides is 1. The van der Waals surface area contributed by atoms with Crippen molar-refractivity contribution in [3.63, 3.8) is 0 Å². The summed E-state index contributed by atoms with van der Waals surface area (Å²) in [7, 11) is -3.78. The SMILES string of the molecule is CCOC(=O)/C=C/N(CC1=CC(C)(C)C[CH-]1)S(=O)(=O)c1ccc(C)cc1.[Y]. The zero-order chi connectivity index (χ0) is 19.4. The van der Waals surface area contributed by atoms with Gasteiger partial charge in [0, 0.05) is 51.5 Å². The van der Waals surface area contributed by atoms with Gasteiger partial charge in [-0.1, -0.05) is 37.0 Å². The van der Waals surface area contributed by atoms with E-state index in [0.29, 0.717) is 0 Å². The number of allylic oxidation sites excluding steroid dienone is 1. The summed E-state index contributed by atoms with van der Waals surface area (Å²) in [4.78, 5) is 11.8. The molecule has 0 atom stereocenters. The molecule has 0 saturated carbocycles. The summed E-state index contributed by atoms with van der Waals surface area (Å²) >= 11 is 0. The van der Waals surface area contributed by atoms with Gasteiger partial charge in [0.1, 0.15) is 0 Å². The van der Waals surface area contributed by atoms with Gasteiger partial charge >= 0.3 is 5.97 Å². The van der Waals surface area contributed by atoms with Crippen molar-refractivity contribution in [2.75, 3.05) is 13.2 Å². The fraction of sp³-hybridized carbons (Fsp3) is 0.400. The predicted molar refractivity (Wildman–Crippen MR) is 102 cm³/mol. The summed E-state index contributed by atoms with van der Waals surface area (Å²) in [6.07, 6.45) is 7.41. The predicted octanol–water partition coefficient (Wildman–Crippen LogP) is 3.62. The normalized spacial score (nSPS) is 15.6. The molecule has 0 amide bonds. The van der Waals surface area contributed by atoms with Crippen LogP contribution in [0.1, 0.15) is 32.8 Å². The summed E-state index contributed by atoms with van der Waals surface area (Å²) in [5, 5.41) is 0. The van der Waals surface area contributed by atoms with Gasteiger partial charge in [-0.15, -0.1) is 6.42 Å². The second-order valence-corrected chi connectivity index (χ2v) is 8.94. The van der Waals surface area contributed by atoms with E-state index in [-0.39, 0.29) is 56.2 Å². The molecule has 5 nitrogen and oxygen atoms in total. The standard InChI is InChI=1S/C20H26NO4S.Y/c1-5-25-19(22)11-13-21(15-17-10-12-20(3,4)14-17)26(23,24)18-8-6-16(2)7-9-18;/h6-11,13-14H,5,12,15H2,1-4H3;/q-1;/b13-11+;. The molecule has 0 bridgehead atoms. The molecule has 0 unspecified atom stereocenters. The Morgan fingerprint density at radius 1 is 1.30 bits per heavy atom. The number of carbonyl (C=O) groups excluding carboxylic acids is 1. The number of aryl methyl sites for hydroxylation is 1. The van der Waals surface area contributed by atoms with Crippen molar-refractivity contribution in [1.29, 1.82) is 0 Å². The Hall–Kier alpha value is -1.11. The van der Waals surface area contributed by atoms with Crippen LogP contribution < -0.4 is 0 Å². The van der Waals surface area contributed by atoms with Crippen molar-refractivity contribution >= 4 is 16.0 Å². The molecule has 1 aromatic carbocycles. The third-order valence-corrected chi connectivity index (χ3v) is 5.83. The molecule has 0 heterocycles. The van der Waals surface area contributed by atoms with Crippen molar-refractivity contribution in [1.82, 2.24) is 4.31 Å². The molecule has 27 heavy (non-hydrogen) atoms. The number of nitrogens with zero attached hydrogens (tertiary/aromatic N) is 1. The van der Waals surface area contributed by atoms with Crippen LogP contribution in [0, 0.1) is 18.8 Å². The first-order valence-electron chi connectivity index (χ1n) is 8.62. The van der Waals surface area contributed by atoms with Gasteiger partial charge in [-0.05, 0) is 26.0 Å². The number of esters is 1. The van der Waals surface area contributed by atoms with Crippen molar-refractivity contribution in [2.24, 2.45) is 5.41 Å². The third-order valence-electron chi connectivity index (χ3n) is 4.10. The Kier molecular flexibility index (Phi) is 8.77. The van der Waals surface area contributed by atoms with Crippen LogP contribution in [0.5, 0.6) is 0 Å². The van der Waals surface area contributed by atoms with E-state index < -0.39 is 16.0 Å². The van der Waals surface area contributed by atoms with E-state index in [1.54, 1.807) is 31.2 Å². The summed E-state index contributed by atoms with van der Waals surface area (Å²) in [5.74, 6) is -0.568. The zero-order valence-electron chi connectivity index (χ0n) is 16.3. The van der Waals surface area contributed by atoms with Crippen LogP contribution in [0.4, 0.5) is 0 Å². The summed E-state index contributed by atoms with van der Waals surface area (Å²) in [6, 6.07) is 6.66. The molecule has 0 fully saturated rings. The maximum atomic E-state index is 13.0. The minimum absolute atomic E-state index is 0. The molecule has 2 rings (SSSR count). The van der Waals surface area contributed by atoms with Crippen molar-refractivity contribution < 1.29 is 50.7 Å². The molecule has 1 aliphatic rings. The van der Waals surface area contributed by atoms with E-state index in [4.69, 9.17) is 4.74 Å². The van der Waals surface area contributed by atoms with Crippen LogP contribution in [-0.4, -0.2) is 31.8 Å². The number of ether oxygens (including phenoxy) is 1. The first-order chi connectivity index (χ1) is 12.1. The Balaban J connectivity index is 0.00000364. The van der Waals surface area contributed by atoms with Gasteiger partial charge in [-0.25, -0.2) is 25.7 Å². The molecule has 1 aliphatic carbocycles. The summed E-state index contributed by atoms with van der Waals surface area (Å²) < 4.78 is 32.1. The van der Waals surface area contributed by atoms with E-state index in [0.717, 1.165) is 23.6 Å². The largest absolute Gasteiger partial charge is 0.463 e. The molecule has 1 aromatic rings. The van der Waals surface area contributed by atoms with E-state index in [2.05, 4.69) is 19.9 Å². The van der Waals surface area contributed by atoms with Crippen LogP contribution in [-0.2, 0) is 52.3 Å². The number of hydrogen-bond acceptors (Lipinski definition) is 4. The van der Waals surface area contributed by atoms with E-state index in [9.17, 15) is 13.2 Å². The quantitative estimate of drug-likeness (QED) is 0.351. The van der Waals surface area contributed by atoms with E-state index in [1.165, 1.54) is 10.5 Å². The molecule has 1 radical (unpaired) electrons. The number of benzene rings is 1. The molecule has 7 heteroatoms. The van der Waals surface area contributed by atoms with Gasteiger partial charge < -0.3 is 4.74 Å². The molecule has 0 N–H and O–H groups in total. The Morgan fingerprint density at radius 2 is 1.93 bits per heavy atom. The minimum atomic E-state index is -3.78. The number of carbonyl (C=O) groups is 1. The van der Waals surface area contributed by atoms with E-state index >= 15 is 0 Å². The smallest absolute Gasteiger partial charge is 0.332 e. The maximum absolute atomic E-state index is 13.0. The van der Waals surface area contributed by atoms with Crippen LogP contribution in [0.3, 0.4) is 0 Å². The average Bonchev–Trinajstić information content (AvgIpc) is 2.90. The molecule has 145 valence electrons. The third kappa shape index (κ3) is 6.77. The second kappa shape index (κ2) is 9.90. The zero-order valence-corrected chi connectivity index (χ0v) is 20.0. The molecule has 0 aromatic heterocycles. The van der Waals surface area contributed by atoms with Gasteiger partial charge in [0.25, 0.3) is 10.0 Å². The summed E-state index contributed by atoms with van der Waals surface area (Å²) in [5.41, 5.74) is 1.92. The topological polar surface area (TPSA) is 63.7 Å². The first-order valence-corrected chi connectivity index (χ1v) is 10.1. The Labute approximate surface area is 187 Å². The molecular formula is C20H26NO4SY-. The van der Waals surface area contributed by atoms with Crippen LogP contribution in [0.25, 0.3) is 0 Å². The van der Waals surface area contributed by atoms with Gasteiger partial charge in [0.2, 0.25) is 0 Å². The van der Waals surface area contributed by atoms with Crippen LogP contribution in [0.2, 0.25) is 0 Å². The van der Waals surface area contributed by atoms with Crippen LogP contribution in [0.15, 0.2) is 53.1 Å². The van der Waals surface area contributed by atoms with Gasteiger partial charge in [0.15, 0.2) is 0 Å². The molecule has 0 saturated heterocycles. The van der Waals surface area contributed by atoms with Gasteiger partial charge in [-0.3, -0.25) is 4.31 Å². The van der Waals surface area contributed by atoms with Crippen molar-refractivity contribution in [2.45, 2.75) is 39.0 Å². The number of hydrogen-bond donors (Lipinski definition) is 0. The fourth-order valence-electron chi connectivity index (χ4n) is 2.70. The summed E-state index contributed by atoms with van der Waals surface area (Å²) in [6.45, 7) is 8.21. The van der Waals surface area contributed by atoms with Crippen LogP contribution >= 0.6 is 0 Å². The minimum Gasteiger partial charge on any atom is -0.463 e. The second-order valence-electron chi connectivity index (χ2n) is 7.05. The Morgan fingerprint density at radius 3 is 2.44 bits per heavy atom. The fourth-order valence-corrected chi connectivity index (χ4v) is 3.99. The molecule has 0 aliphatic heterocycles. The average molecular weight is 465 g/mol. The van der Waals surface area contributed by atoms with Gasteiger partial charge in [-0.2, -0.15) is 5.57 Å². The van der Waals surface area contributed by atoms with Gasteiger partial charge in [0.05, 0.1) is 11.5 Å². The maximum Gasteiger partial charge on any atom is 0.332 e. The van der Waals surface area contributed by atoms with Crippen molar-refractivity contribution in [3.8, 4) is 0 Å². The monoisotopic (exact) mass is 465 g/mol. The number of rotatable bonds is 7.